The van der Waals surface area contributed by atoms with E-state index in [2.05, 4.69) is 6.92 Å². The van der Waals surface area contributed by atoms with Crippen LogP contribution in [0.5, 0.6) is 11.5 Å². The van der Waals surface area contributed by atoms with Crippen LogP contribution in [-0.4, -0.2) is 45.5 Å². The zero-order valence-corrected chi connectivity index (χ0v) is 22.3. The van der Waals surface area contributed by atoms with Crippen LogP contribution in [0.25, 0.3) is 6.08 Å². The number of carboxylic acids is 1. The largest absolute Gasteiger partial charge is 0.490 e. The normalized spacial score (nSPS) is 16.7. The molecule has 8 heteroatoms. The number of ether oxygens (including phenoxy) is 2. The van der Waals surface area contributed by atoms with E-state index in [4.69, 9.17) is 21.7 Å². The number of unbranched alkanes of at least 4 members (excludes halogenated alkanes) is 5. The Morgan fingerprint density at radius 1 is 1.12 bits per heavy atom. The molecule has 0 bridgehead atoms. The molecule has 0 spiro atoms. The lowest BCUT2D eigenvalue weighted by atomic mass is 9.98. The molecular weight excluding hydrogens is 470 g/mol. The highest BCUT2D eigenvalue weighted by Crippen LogP contribution is 2.37. The molecule has 2 unspecified atom stereocenters. The van der Waals surface area contributed by atoms with Gasteiger partial charge in [0.25, 0.3) is 5.91 Å². The summed E-state index contributed by atoms with van der Waals surface area (Å²) >= 11 is 6.51. The van der Waals surface area contributed by atoms with Gasteiger partial charge in [-0.25, -0.2) is 4.79 Å². The van der Waals surface area contributed by atoms with Crippen LogP contribution >= 0.6 is 24.0 Å². The van der Waals surface area contributed by atoms with E-state index in [1.165, 1.54) is 30.6 Å². The quantitative estimate of drug-likeness (QED) is 0.164. The molecular formula is C26H37NO5S2. The Bertz CT molecular complexity index is 886. The van der Waals surface area contributed by atoms with Crippen molar-refractivity contribution in [2.45, 2.75) is 78.7 Å². The number of benzene rings is 1. The molecule has 1 aromatic rings. The van der Waals surface area contributed by atoms with Crippen LogP contribution in [-0.2, 0) is 9.59 Å². The highest BCUT2D eigenvalue weighted by molar-refractivity contribution is 8.26. The third-order valence-electron chi connectivity index (χ3n) is 5.86. The summed E-state index contributed by atoms with van der Waals surface area (Å²) in [6.45, 7) is 8.97. The summed E-state index contributed by atoms with van der Waals surface area (Å²) in [5.74, 6) is -0.322. The van der Waals surface area contributed by atoms with Crippen molar-refractivity contribution in [2.75, 3.05) is 13.2 Å². The van der Waals surface area contributed by atoms with Crippen LogP contribution in [0.3, 0.4) is 0 Å². The van der Waals surface area contributed by atoms with E-state index in [9.17, 15) is 14.7 Å². The van der Waals surface area contributed by atoms with Crippen molar-refractivity contribution < 1.29 is 24.2 Å². The monoisotopic (exact) mass is 507 g/mol. The van der Waals surface area contributed by atoms with Gasteiger partial charge in [0, 0.05) is 0 Å². The van der Waals surface area contributed by atoms with Crippen molar-refractivity contribution >= 4 is 46.3 Å². The van der Waals surface area contributed by atoms with Gasteiger partial charge < -0.3 is 14.6 Å². The van der Waals surface area contributed by atoms with Crippen molar-refractivity contribution in [3.05, 3.63) is 28.7 Å². The number of nitrogens with zero attached hydrogens (tertiary/aromatic N) is 1. The summed E-state index contributed by atoms with van der Waals surface area (Å²) in [6, 6.07) is 4.60. The molecule has 1 saturated heterocycles. The zero-order valence-electron chi connectivity index (χ0n) is 20.7. The van der Waals surface area contributed by atoms with Gasteiger partial charge in [0.05, 0.1) is 18.1 Å². The third kappa shape index (κ3) is 7.73. The van der Waals surface area contributed by atoms with Gasteiger partial charge in [-0.3, -0.25) is 9.69 Å². The van der Waals surface area contributed by atoms with E-state index in [0.29, 0.717) is 36.0 Å². The molecule has 0 radical (unpaired) electrons. The van der Waals surface area contributed by atoms with E-state index in [1.54, 1.807) is 6.08 Å². The van der Waals surface area contributed by atoms with E-state index in [1.807, 2.05) is 39.0 Å². The fourth-order valence-electron chi connectivity index (χ4n) is 3.77. The Morgan fingerprint density at radius 3 is 2.47 bits per heavy atom. The number of aliphatic carboxylic acids is 1. The van der Waals surface area contributed by atoms with Gasteiger partial charge in [0.2, 0.25) is 0 Å². The van der Waals surface area contributed by atoms with Gasteiger partial charge in [0.15, 0.2) is 11.5 Å². The number of rotatable bonds is 15. The van der Waals surface area contributed by atoms with Gasteiger partial charge >= 0.3 is 5.97 Å². The summed E-state index contributed by atoms with van der Waals surface area (Å²) in [5, 5.41) is 9.70. The molecule has 188 valence electrons. The van der Waals surface area contributed by atoms with Crippen molar-refractivity contribution in [1.82, 2.24) is 4.90 Å². The van der Waals surface area contributed by atoms with Gasteiger partial charge in [-0.1, -0.05) is 89.3 Å². The Labute approximate surface area is 213 Å². The second-order valence-electron chi connectivity index (χ2n) is 8.48. The van der Waals surface area contributed by atoms with Gasteiger partial charge in [-0.2, -0.15) is 0 Å². The van der Waals surface area contributed by atoms with Crippen molar-refractivity contribution in [2.24, 2.45) is 5.92 Å². The molecule has 1 aromatic carbocycles. The molecule has 2 rings (SSSR count). The predicted octanol–water partition coefficient (Wildman–Crippen LogP) is 6.53. The molecule has 0 aromatic heterocycles. The standard InChI is InChI=1S/C26H37NO5S2/c1-5-8-9-10-11-12-15-32-20-14-13-19(16-21(20)31-7-3)17-22-24(28)27(26(33)34-22)23(25(29)30)18(4)6-2/h13-14,16-18,23H,5-12,15H2,1-4H3,(H,29,30)/b22-17+. The number of carboxylic acid groups (broad SMARTS) is 1. The topological polar surface area (TPSA) is 76.1 Å². The number of amides is 1. The van der Waals surface area contributed by atoms with E-state index in [0.717, 1.165) is 30.2 Å². The fourth-order valence-corrected chi connectivity index (χ4v) is 5.10. The second-order valence-corrected chi connectivity index (χ2v) is 10.2. The molecule has 34 heavy (non-hydrogen) atoms. The van der Waals surface area contributed by atoms with Gasteiger partial charge in [-0.05, 0) is 43.0 Å². The van der Waals surface area contributed by atoms with Crippen LogP contribution in [0.15, 0.2) is 23.1 Å². The first-order chi connectivity index (χ1) is 16.3. The lowest BCUT2D eigenvalue weighted by molar-refractivity contribution is -0.147. The third-order valence-corrected chi connectivity index (χ3v) is 7.19. The minimum absolute atomic E-state index is 0.216. The zero-order chi connectivity index (χ0) is 25.1. The number of hydrogen-bond acceptors (Lipinski definition) is 6. The highest BCUT2D eigenvalue weighted by Gasteiger charge is 2.42. The lowest BCUT2D eigenvalue weighted by Crippen LogP contribution is -2.47. The molecule has 1 aliphatic rings. The lowest BCUT2D eigenvalue weighted by Gasteiger charge is -2.27. The smallest absolute Gasteiger partial charge is 0.327 e. The van der Waals surface area contributed by atoms with Crippen LogP contribution in [0.2, 0.25) is 0 Å². The van der Waals surface area contributed by atoms with Gasteiger partial charge in [0.1, 0.15) is 10.4 Å². The van der Waals surface area contributed by atoms with E-state index < -0.39 is 12.0 Å². The van der Waals surface area contributed by atoms with Crippen LogP contribution in [0, 0.1) is 5.92 Å². The van der Waals surface area contributed by atoms with Crippen LogP contribution in [0.4, 0.5) is 0 Å². The summed E-state index contributed by atoms with van der Waals surface area (Å²) in [5.41, 5.74) is 0.770. The number of carbonyl (C=O) groups excluding carboxylic acids is 1. The molecule has 1 fully saturated rings. The highest BCUT2D eigenvalue weighted by atomic mass is 32.2. The second kappa shape index (κ2) is 14.4. The molecule has 1 heterocycles. The maximum atomic E-state index is 13.1. The van der Waals surface area contributed by atoms with Crippen molar-refractivity contribution in [3.63, 3.8) is 0 Å². The number of hydrogen-bond donors (Lipinski definition) is 1. The number of thioether (sulfide) groups is 1. The van der Waals surface area contributed by atoms with Crippen LogP contribution < -0.4 is 9.47 Å². The maximum Gasteiger partial charge on any atom is 0.327 e. The molecule has 1 aliphatic heterocycles. The summed E-state index contributed by atoms with van der Waals surface area (Å²) < 4.78 is 12.0. The molecule has 1 N–H and O–H groups in total. The average Bonchev–Trinajstić information content (AvgIpc) is 3.07. The first-order valence-corrected chi connectivity index (χ1v) is 13.5. The predicted molar refractivity (Wildman–Crippen MR) is 142 cm³/mol. The van der Waals surface area contributed by atoms with Crippen LogP contribution in [0.1, 0.15) is 78.2 Å². The number of carbonyl (C=O) groups is 2. The summed E-state index contributed by atoms with van der Waals surface area (Å²) in [6.07, 6.45) is 9.53. The minimum atomic E-state index is -1.04. The molecule has 6 nitrogen and oxygen atoms in total. The fraction of sp³-hybridized carbons (Fsp3) is 0.577. The maximum absolute atomic E-state index is 13.1. The SMILES string of the molecule is CCCCCCCCOc1ccc(/C=C2/SC(=S)N(C(C(=O)O)C(C)CC)C2=O)cc1OCC. The Morgan fingerprint density at radius 2 is 1.82 bits per heavy atom. The molecule has 0 aliphatic carbocycles. The Hall–Kier alpha value is -2.06. The van der Waals surface area contributed by atoms with Crippen molar-refractivity contribution in [1.29, 1.82) is 0 Å². The minimum Gasteiger partial charge on any atom is -0.490 e. The summed E-state index contributed by atoms with van der Waals surface area (Å²) in [4.78, 5) is 26.6. The van der Waals surface area contributed by atoms with E-state index in [-0.39, 0.29) is 16.1 Å². The molecule has 2 atom stereocenters. The first-order valence-electron chi connectivity index (χ1n) is 12.2. The average molecular weight is 508 g/mol. The van der Waals surface area contributed by atoms with Gasteiger partial charge in [-0.15, -0.1) is 0 Å². The Kier molecular flexibility index (Phi) is 11.9. The van der Waals surface area contributed by atoms with E-state index >= 15 is 0 Å². The first kappa shape index (κ1) is 28.2. The number of thiocarbonyl (C=S) groups is 1. The molecule has 0 saturated carbocycles. The Balaban J connectivity index is 2.12. The van der Waals surface area contributed by atoms with Crippen molar-refractivity contribution in [3.8, 4) is 11.5 Å². The molecule has 1 amide bonds. The summed E-state index contributed by atoms with van der Waals surface area (Å²) in [7, 11) is 0.